The number of rotatable bonds is 7. The number of likely N-dealkylation sites (N-methyl/N-ethyl adjacent to an activating group) is 1. The summed E-state index contributed by atoms with van der Waals surface area (Å²) in [4.78, 5) is 2.14. The topological polar surface area (TPSA) is 32.7 Å². The quantitative estimate of drug-likeness (QED) is 0.761. The number of aryl methyl sites for hydroxylation is 1. The molecule has 3 nitrogen and oxygen atoms in total. The molecule has 0 aliphatic carbocycles. The van der Waals surface area contributed by atoms with Gasteiger partial charge in [0.2, 0.25) is 0 Å². The first kappa shape index (κ1) is 13.0. The van der Waals surface area contributed by atoms with Crippen molar-refractivity contribution < 1.29 is 9.84 Å². The lowest BCUT2D eigenvalue weighted by atomic mass is 10.1. The number of hydrogen-bond acceptors (Lipinski definition) is 3. The van der Waals surface area contributed by atoms with Crippen molar-refractivity contribution in [2.75, 3.05) is 33.9 Å². The summed E-state index contributed by atoms with van der Waals surface area (Å²) in [5.74, 6) is 0.904. The zero-order chi connectivity index (χ0) is 11.8. The highest BCUT2D eigenvalue weighted by molar-refractivity contribution is 5.27. The van der Waals surface area contributed by atoms with Crippen molar-refractivity contribution in [1.82, 2.24) is 4.90 Å². The zero-order valence-corrected chi connectivity index (χ0v) is 10.1. The van der Waals surface area contributed by atoms with Gasteiger partial charge < -0.3 is 14.7 Å². The van der Waals surface area contributed by atoms with Gasteiger partial charge in [0.1, 0.15) is 5.75 Å². The third kappa shape index (κ3) is 4.64. The van der Waals surface area contributed by atoms with Crippen LogP contribution >= 0.6 is 0 Å². The highest BCUT2D eigenvalue weighted by atomic mass is 16.5. The first-order chi connectivity index (χ1) is 7.76. The molecule has 16 heavy (non-hydrogen) atoms. The van der Waals surface area contributed by atoms with Crippen molar-refractivity contribution in [2.45, 2.75) is 12.8 Å². The largest absolute Gasteiger partial charge is 0.497 e. The molecular formula is C13H21NO2. The molecule has 0 heterocycles. The lowest BCUT2D eigenvalue weighted by Crippen LogP contribution is -2.23. The molecule has 0 aliphatic rings. The van der Waals surface area contributed by atoms with E-state index in [-0.39, 0.29) is 6.61 Å². The van der Waals surface area contributed by atoms with Gasteiger partial charge >= 0.3 is 0 Å². The molecule has 1 N–H and O–H groups in total. The van der Waals surface area contributed by atoms with E-state index >= 15 is 0 Å². The van der Waals surface area contributed by atoms with Crippen LogP contribution in [0, 0.1) is 0 Å². The molecule has 0 aromatic heterocycles. The second-order valence-corrected chi connectivity index (χ2v) is 3.98. The molecule has 0 unspecified atom stereocenters. The van der Waals surface area contributed by atoms with Gasteiger partial charge in [-0.1, -0.05) is 12.1 Å². The summed E-state index contributed by atoms with van der Waals surface area (Å²) < 4.78 is 5.11. The van der Waals surface area contributed by atoms with Crippen LogP contribution in [0.3, 0.4) is 0 Å². The maximum Gasteiger partial charge on any atom is 0.118 e. The van der Waals surface area contributed by atoms with E-state index in [1.807, 2.05) is 19.2 Å². The lowest BCUT2D eigenvalue weighted by molar-refractivity contribution is 0.220. The maximum atomic E-state index is 8.76. The van der Waals surface area contributed by atoms with Crippen LogP contribution in [0.25, 0.3) is 0 Å². The lowest BCUT2D eigenvalue weighted by Gasteiger charge is -2.14. The van der Waals surface area contributed by atoms with Crippen LogP contribution in [0.4, 0.5) is 0 Å². The Hall–Kier alpha value is -1.06. The Kier molecular flexibility index (Phi) is 5.90. The summed E-state index contributed by atoms with van der Waals surface area (Å²) in [6.45, 7) is 2.01. The van der Waals surface area contributed by atoms with Gasteiger partial charge in [-0.15, -0.1) is 0 Å². The molecule has 0 fully saturated rings. The normalized spacial score (nSPS) is 10.8. The van der Waals surface area contributed by atoms with E-state index in [0.29, 0.717) is 0 Å². The second-order valence-electron chi connectivity index (χ2n) is 3.98. The number of ether oxygens (including phenoxy) is 1. The molecule has 0 saturated carbocycles. The standard InChI is InChI=1S/C13H21NO2/c1-14(10-11-15)9-3-4-12-5-7-13(16-2)8-6-12/h5-8,15H,3-4,9-11H2,1-2H3. The van der Waals surface area contributed by atoms with Gasteiger partial charge in [-0.25, -0.2) is 0 Å². The Bertz CT molecular complexity index is 284. The molecule has 90 valence electrons. The van der Waals surface area contributed by atoms with E-state index in [2.05, 4.69) is 17.0 Å². The summed E-state index contributed by atoms with van der Waals surface area (Å²) in [5, 5.41) is 8.76. The van der Waals surface area contributed by atoms with E-state index < -0.39 is 0 Å². The van der Waals surface area contributed by atoms with Crippen LogP contribution < -0.4 is 4.74 Å². The number of aliphatic hydroxyl groups excluding tert-OH is 1. The number of methoxy groups -OCH3 is 1. The van der Waals surface area contributed by atoms with Gasteiger partial charge in [0, 0.05) is 6.54 Å². The molecule has 0 radical (unpaired) electrons. The second kappa shape index (κ2) is 7.25. The maximum absolute atomic E-state index is 8.76. The fourth-order valence-corrected chi connectivity index (χ4v) is 1.63. The van der Waals surface area contributed by atoms with Crippen molar-refractivity contribution >= 4 is 0 Å². The molecule has 1 aromatic rings. The van der Waals surface area contributed by atoms with Crippen molar-refractivity contribution in [3.8, 4) is 5.75 Å². The predicted molar refractivity (Wildman–Crippen MR) is 65.9 cm³/mol. The number of benzene rings is 1. The fourth-order valence-electron chi connectivity index (χ4n) is 1.63. The van der Waals surface area contributed by atoms with Crippen molar-refractivity contribution in [1.29, 1.82) is 0 Å². The van der Waals surface area contributed by atoms with E-state index in [1.165, 1.54) is 5.56 Å². The van der Waals surface area contributed by atoms with Gasteiger partial charge in [0.05, 0.1) is 13.7 Å². The Labute approximate surface area is 97.7 Å². The Morgan fingerprint density at radius 3 is 2.44 bits per heavy atom. The van der Waals surface area contributed by atoms with Gasteiger partial charge in [0.15, 0.2) is 0 Å². The molecule has 0 spiro atoms. The predicted octanol–water partition coefficient (Wildman–Crippen LogP) is 1.55. The SMILES string of the molecule is COc1ccc(CCCN(C)CCO)cc1. The van der Waals surface area contributed by atoms with E-state index in [9.17, 15) is 0 Å². The highest BCUT2D eigenvalue weighted by Gasteiger charge is 1.98. The first-order valence-electron chi connectivity index (χ1n) is 5.68. The van der Waals surface area contributed by atoms with Gasteiger partial charge in [-0.3, -0.25) is 0 Å². The fraction of sp³-hybridized carbons (Fsp3) is 0.538. The highest BCUT2D eigenvalue weighted by Crippen LogP contribution is 2.12. The van der Waals surface area contributed by atoms with E-state index in [1.54, 1.807) is 7.11 Å². The molecule has 0 aliphatic heterocycles. The summed E-state index contributed by atoms with van der Waals surface area (Å²) in [6, 6.07) is 8.19. The number of aliphatic hydroxyl groups is 1. The third-order valence-corrected chi connectivity index (χ3v) is 2.65. The minimum Gasteiger partial charge on any atom is -0.497 e. The molecular weight excluding hydrogens is 202 g/mol. The van der Waals surface area contributed by atoms with Gasteiger partial charge in [-0.2, -0.15) is 0 Å². The monoisotopic (exact) mass is 223 g/mol. The molecule has 0 saturated heterocycles. The van der Waals surface area contributed by atoms with Crippen molar-refractivity contribution in [2.24, 2.45) is 0 Å². The molecule has 1 aromatic carbocycles. The summed E-state index contributed by atoms with van der Waals surface area (Å²) in [7, 11) is 3.71. The van der Waals surface area contributed by atoms with Gasteiger partial charge in [-0.05, 0) is 44.1 Å². The Morgan fingerprint density at radius 1 is 1.19 bits per heavy atom. The average molecular weight is 223 g/mol. The summed E-state index contributed by atoms with van der Waals surface area (Å²) in [5.41, 5.74) is 1.33. The molecule has 3 heteroatoms. The van der Waals surface area contributed by atoms with Crippen LogP contribution in [-0.4, -0.2) is 43.9 Å². The van der Waals surface area contributed by atoms with Crippen LogP contribution in [0.15, 0.2) is 24.3 Å². The molecule has 0 bridgehead atoms. The Morgan fingerprint density at radius 2 is 1.88 bits per heavy atom. The Balaban J connectivity index is 2.26. The van der Waals surface area contributed by atoms with Crippen LogP contribution in [0.5, 0.6) is 5.75 Å². The van der Waals surface area contributed by atoms with Crippen molar-refractivity contribution in [3.63, 3.8) is 0 Å². The van der Waals surface area contributed by atoms with Crippen LogP contribution in [-0.2, 0) is 6.42 Å². The third-order valence-electron chi connectivity index (χ3n) is 2.65. The van der Waals surface area contributed by atoms with Crippen molar-refractivity contribution in [3.05, 3.63) is 29.8 Å². The minimum atomic E-state index is 0.235. The smallest absolute Gasteiger partial charge is 0.118 e. The molecule has 0 atom stereocenters. The zero-order valence-electron chi connectivity index (χ0n) is 10.1. The van der Waals surface area contributed by atoms with Gasteiger partial charge in [0.25, 0.3) is 0 Å². The minimum absolute atomic E-state index is 0.235. The molecule has 1 rings (SSSR count). The summed E-state index contributed by atoms with van der Waals surface area (Å²) in [6.07, 6.45) is 2.18. The number of hydrogen-bond donors (Lipinski definition) is 1. The van der Waals surface area contributed by atoms with Crippen LogP contribution in [0.1, 0.15) is 12.0 Å². The molecule has 0 amide bonds. The summed E-state index contributed by atoms with van der Waals surface area (Å²) >= 11 is 0. The van der Waals surface area contributed by atoms with E-state index in [0.717, 1.165) is 31.7 Å². The van der Waals surface area contributed by atoms with Crippen LogP contribution in [0.2, 0.25) is 0 Å². The average Bonchev–Trinajstić information content (AvgIpc) is 2.30. The van der Waals surface area contributed by atoms with E-state index in [4.69, 9.17) is 9.84 Å². The first-order valence-corrected chi connectivity index (χ1v) is 5.68. The number of nitrogens with zero attached hydrogens (tertiary/aromatic N) is 1.